The summed E-state index contributed by atoms with van der Waals surface area (Å²) < 4.78 is 28.3. The van der Waals surface area contributed by atoms with Crippen LogP contribution in [0.25, 0.3) is 0 Å². The molecule has 0 radical (unpaired) electrons. The number of hydrogen-bond acceptors (Lipinski definition) is 4. The summed E-state index contributed by atoms with van der Waals surface area (Å²) in [7, 11) is -3.69. The molecule has 1 aliphatic carbocycles. The first-order valence-corrected chi connectivity index (χ1v) is 10.8. The van der Waals surface area contributed by atoms with Crippen molar-refractivity contribution < 1.29 is 13.2 Å². The van der Waals surface area contributed by atoms with Gasteiger partial charge in [0.25, 0.3) is 5.91 Å². The number of carbonyl (C=O) groups is 1. The molecule has 2 N–H and O–H groups in total. The summed E-state index contributed by atoms with van der Waals surface area (Å²) in [6, 6.07) is 13.1. The lowest BCUT2D eigenvalue weighted by Gasteiger charge is -2.22. The number of aryl methyl sites for hydroxylation is 1. The van der Waals surface area contributed by atoms with Gasteiger partial charge >= 0.3 is 0 Å². The Balaban J connectivity index is 1.82. The number of nitrogens with zero attached hydrogens (tertiary/aromatic N) is 1. The number of nitriles is 1. The minimum atomic E-state index is -3.69. The fourth-order valence-electron chi connectivity index (χ4n) is 3.39. The summed E-state index contributed by atoms with van der Waals surface area (Å²) in [6.45, 7) is 1.76. The SMILES string of the molecule is Cc1ccc(S(=O)(=O)NC2CCCCC2)cc1C(=O)Nc1cccc(C#N)c1. The Morgan fingerprint density at radius 2 is 1.86 bits per heavy atom. The normalized spacial score (nSPS) is 15.0. The average Bonchev–Trinajstić information content (AvgIpc) is 2.68. The number of carbonyl (C=O) groups excluding carboxylic acids is 1. The van der Waals surface area contributed by atoms with Gasteiger partial charge in [-0.1, -0.05) is 31.4 Å². The third-order valence-electron chi connectivity index (χ3n) is 4.94. The number of amides is 1. The third kappa shape index (κ3) is 4.77. The first-order chi connectivity index (χ1) is 13.4. The molecule has 0 saturated heterocycles. The van der Waals surface area contributed by atoms with Crippen molar-refractivity contribution in [2.75, 3.05) is 5.32 Å². The molecule has 1 amide bonds. The predicted molar refractivity (Wildman–Crippen MR) is 107 cm³/mol. The van der Waals surface area contributed by atoms with Crippen LogP contribution in [-0.2, 0) is 10.0 Å². The molecule has 0 bridgehead atoms. The highest BCUT2D eigenvalue weighted by Crippen LogP contribution is 2.22. The molecule has 146 valence electrons. The molecule has 1 aliphatic rings. The van der Waals surface area contributed by atoms with Crippen molar-refractivity contribution in [2.24, 2.45) is 0 Å². The van der Waals surface area contributed by atoms with Gasteiger partial charge in [-0.05, 0) is 55.7 Å². The van der Waals surface area contributed by atoms with Gasteiger partial charge < -0.3 is 5.32 Å². The summed E-state index contributed by atoms with van der Waals surface area (Å²) in [5, 5.41) is 11.7. The van der Waals surface area contributed by atoms with E-state index in [0.29, 0.717) is 16.8 Å². The summed E-state index contributed by atoms with van der Waals surface area (Å²) in [5.41, 5.74) is 1.87. The number of hydrogen-bond donors (Lipinski definition) is 2. The van der Waals surface area contributed by atoms with Crippen LogP contribution in [0.15, 0.2) is 47.4 Å². The topological polar surface area (TPSA) is 99.1 Å². The Kier molecular flexibility index (Phi) is 6.12. The molecular weight excluding hydrogens is 374 g/mol. The molecule has 28 heavy (non-hydrogen) atoms. The van der Waals surface area contributed by atoms with Gasteiger partial charge in [0.1, 0.15) is 0 Å². The minimum absolute atomic E-state index is 0.0500. The zero-order chi connectivity index (χ0) is 20.1. The van der Waals surface area contributed by atoms with E-state index in [0.717, 1.165) is 32.1 Å². The van der Waals surface area contributed by atoms with Gasteiger partial charge in [0.05, 0.1) is 16.5 Å². The molecule has 0 unspecified atom stereocenters. The van der Waals surface area contributed by atoms with Crippen LogP contribution in [-0.4, -0.2) is 20.4 Å². The summed E-state index contributed by atoms with van der Waals surface area (Å²) in [5.74, 6) is -0.415. The number of rotatable bonds is 5. The first kappa shape index (κ1) is 20.1. The molecule has 1 fully saturated rings. The van der Waals surface area contributed by atoms with Crippen molar-refractivity contribution in [3.05, 3.63) is 59.2 Å². The van der Waals surface area contributed by atoms with Gasteiger partial charge in [0.15, 0.2) is 0 Å². The molecule has 0 spiro atoms. The van der Waals surface area contributed by atoms with E-state index < -0.39 is 15.9 Å². The van der Waals surface area contributed by atoms with Gasteiger partial charge in [-0.3, -0.25) is 4.79 Å². The van der Waals surface area contributed by atoms with Crippen molar-refractivity contribution in [2.45, 2.75) is 50.0 Å². The molecule has 2 aromatic rings. The van der Waals surface area contributed by atoms with Crippen molar-refractivity contribution in [1.82, 2.24) is 4.72 Å². The summed E-state index contributed by atoms with van der Waals surface area (Å²) in [6.07, 6.45) is 4.87. The largest absolute Gasteiger partial charge is 0.322 e. The van der Waals surface area contributed by atoms with Gasteiger partial charge in [0, 0.05) is 17.3 Å². The molecule has 0 heterocycles. The van der Waals surface area contributed by atoms with E-state index in [1.807, 2.05) is 6.07 Å². The van der Waals surface area contributed by atoms with Crippen LogP contribution in [0.2, 0.25) is 0 Å². The van der Waals surface area contributed by atoms with Crippen molar-refractivity contribution in [1.29, 1.82) is 5.26 Å². The second kappa shape index (κ2) is 8.55. The van der Waals surface area contributed by atoms with Crippen LogP contribution in [0, 0.1) is 18.3 Å². The summed E-state index contributed by atoms with van der Waals surface area (Å²) in [4.78, 5) is 12.8. The smallest absolute Gasteiger partial charge is 0.255 e. The predicted octanol–water partition coefficient (Wildman–Crippen LogP) is 3.73. The second-order valence-electron chi connectivity index (χ2n) is 7.08. The number of benzene rings is 2. The van der Waals surface area contributed by atoms with E-state index in [1.165, 1.54) is 12.1 Å². The van der Waals surface area contributed by atoms with Crippen LogP contribution in [0.3, 0.4) is 0 Å². The van der Waals surface area contributed by atoms with Gasteiger partial charge in [-0.25, -0.2) is 13.1 Å². The fourth-order valence-corrected chi connectivity index (χ4v) is 4.72. The molecule has 7 heteroatoms. The quantitative estimate of drug-likeness (QED) is 0.803. The van der Waals surface area contributed by atoms with E-state index in [1.54, 1.807) is 37.3 Å². The van der Waals surface area contributed by atoms with E-state index in [2.05, 4.69) is 10.0 Å². The lowest BCUT2D eigenvalue weighted by Crippen LogP contribution is -2.36. The van der Waals surface area contributed by atoms with Crippen LogP contribution in [0.5, 0.6) is 0 Å². The van der Waals surface area contributed by atoms with E-state index in [-0.39, 0.29) is 16.5 Å². The molecule has 3 rings (SSSR count). The lowest BCUT2D eigenvalue weighted by atomic mass is 9.96. The lowest BCUT2D eigenvalue weighted by molar-refractivity contribution is 0.102. The van der Waals surface area contributed by atoms with Crippen molar-refractivity contribution in [3.8, 4) is 6.07 Å². The fraction of sp³-hybridized carbons (Fsp3) is 0.333. The van der Waals surface area contributed by atoms with Crippen LogP contribution >= 0.6 is 0 Å². The molecule has 0 aliphatic heterocycles. The first-order valence-electron chi connectivity index (χ1n) is 9.33. The van der Waals surface area contributed by atoms with E-state index in [4.69, 9.17) is 5.26 Å². The van der Waals surface area contributed by atoms with Gasteiger partial charge in [0.2, 0.25) is 10.0 Å². The number of nitrogens with one attached hydrogen (secondary N) is 2. The standard InChI is InChI=1S/C21H23N3O3S/c1-15-10-11-19(28(26,27)24-17-7-3-2-4-8-17)13-20(15)21(25)23-18-9-5-6-16(12-18)14-22/h5-6,9-13,17,24H,2-4,7-8H2,1H3,(H,23,25). The third-order valence-corrected chi connectivity index (χ3v) is 6.46. The maximum atomic E-state index is 12.7. The van der Waals surface area contributed by atoms with Crippen molar-refractivity contribution in [3.63, 3.8) is 0 Å². The molecule has 1 saturated carbocycles. The van der Waals surface area contributed by atoms with Gasteiger partial charge in [-0.15, -0.1) is 0 Å². The Labute approximate surface area is 165 Å². The average molecular weight is 398 g/mol. The van der Waals surface area contributed by atoms with Crippen molar-refractivity contribution >= 4 is 21.6 Å². The Hall–Kier alpha value is -2.69. The zero-order valence-corrected chi connectivity index (χ0v) is 16.6. The molecular formula is C21H23N3O3S. The Morgan fingerprint density at radius 3 is 2.57 bits per heavy atom. The molecule has 0 aromatic heterocycles. The maximum absolute atomic E-state index is 12.7. The van der Waals surface area contributed by atoms with Gasteiger partial charge in [-0.2, -0.15) is 5.26 Å². The number of sulfonamides is 1. The minimum Gasteiger partial charge on any atom is -0.322 e. The number of anilines is 1. The second-order valence-corrected chi connectivity index (χ2v) is 8.79. The monoisotopic (exact) mass is 397 g/mol. The van der Waals surface area contributed by atoms with Crippen LogP contribution in [0.4, 0.5) is 5.69 Å². The highest BCUT2D eigenvalue weighted by atomic mass is 32.2. The molecule has 2 aromatic carbocycles. The molecule has 0 atom stereocenters. The van der Waals surface area contributed by atoms with Crippen LogP contribution in [0.1, 0.15) is 53.6 Å². The summed E-state index contributed by atoms with van der Waals surface area (Å²) >= 11 is 0. The van der Waals surface area contributed by atoms with Crippen LogP contribution < -0.4 is 10.0 Å². The highest BCUT2D eigenvalue weighted by molar-refractivity contribution is 7.89. The highest BCUT2D eigenvalue weighted by Gasteiger charge is 2.23. The van der Waals surface area contributed by atoms with E-state index in [9.17, 15) is 13.2 Å². The maximum Gasteiger partial charge on any atom is 0.255 e. The Bertz CT molecular complexity index is 1020. The Morgan fingerprint density at radius 1 is 1.11 bits per heavy atom. The molecule has 6 nitrogen and oxygen atoms in total. The zero-order valence-electron chi connectivity index (χ0n) is 15.7. The van der Waals surface area contributed by atoms with E-state index >= 15 is 0 Å².